The molecule has 0 radical (unpaired) electrons. The highest BCUT2D eigenvalue weighted by Crippen LogP contribution is 2.35. The lowest BCUT2D eigenvalue weighted by Crippen LogP contribution is -2.45. The van der Waals surface area contributed by atoms with Crippen LogP contribution in [-0.2, 0) is 6.61 Å². The highest BCUT2D eigenvalue weighted by molar-refractivity contribution is 7.99. The summed E-state index contributed by atoms with van der Waals surface area (Å²) in [6.45, 7) is 4.18. The van der Waals surface area contributed by atoms with Crippen molar-refractivity contribution < 1.29 is 9.53 Å². The summed E-state index contributed by atoms with van der Waals surface area (Å²) in [4.78, 5) is 26.7. The summed E-state index contributed by atoms with van der Waals surface area (Å²) in [5.41, 5.74) is 1.72. The second kappa shape index (κ2) is 9.73. The Bertz CT molecular complexity index is 992. The van der Waals surface area contributed by atoms with Crippen molar-refractivity contribution in [2.24, 2.45) is 0 Å². The van der Waals surface area contributed by atoms with Crippen molar-refractivity contribution >= 4 is 24.0 Å². The van der Waals surface area contributed by atoms with Gasteiger partial charge in [0, 0.05) is 36.6 Å². The van der Waals surface area contributed by atoms with Crippen molar-refractivity contribution in [1.82, 2.24) is 14.9 Å². The number of hydrogen-bond donors (Lipinski definition) is 0. The fourth-order valence-corrected chi connectivity index (χ4v) is 4.08. The van der Waals surface area contributed by atoms with Gasteiger partial charge in [-0.15, -0.1) is 0 Å². The van der Waals surface area contributed by atoms with Crippen molar-refractivity contribution in [3.05, 3.63) is 71.9 Å². The third kappa shape index (κ3) is 5.17. The molecule has 1 aliphatic rings. The van der Waals surface area contributed by atoms with E-state index in [-0.39, 0.29) is 0 Å². The Labute approximate surface area is 180 Å². The van der Waals surface area contributed by atoms with E-state index >= 15 is 0 Å². The number of hydrogen-bond acceptors (Lipinski definition) is 7. The minimum absolute atomic E-state index is 0.433. The fraction of sp³-hybridized carbons (Fsp3) is 0.261. The van der Waals surface area contributed by atoms with Crippen LogP contribution in [0.3, 0.4) is 0 Å². The van der Waals surface area contributed by atoms with E-state index in [9.17, 15) is 4.79 Å². The third-order valence-corrected chi connectivity index (χ3v) is 5.93. The number of aromatic nitrogens is 2. The highest BCUT2D eigenvalue weighted by atomic mass is 32.2. The van der Waals surface area contributed by atoms with E-state index in [0.717, 1.165) is 47.8 Å². The molecule has 30 heavy (non-hydrogen) atoms. The topological polar surface area (TPSA) is 58.6 Å². The first-order valence-electron chi connectivity index (χ1n) is 9.91. The number of rotatable bonds is 7. The molecule has 2 heterocycles. The van der Waals surface area contributed by atoms with E-state index in [1.807, 2.05) is 54.7 Å². The highest BCUT2D eigenvalue weighted by Gasteiger charge is 2.19. The van der Waals surface area contributed by atoms with E-state index in [4.69, 9.17) is 9.72 Å². The Balaban J connectivity index is 1.59. The zero-order valence-corrected chi connectivity index (χ0v) is 17.7. The Morgan fingerprint density at radius 2 is 1.87 bits per heavy atom. The standard InChI is InChI=1S/C23H24N4O2S/c1-26-10-12-27(13-11-26)23-24-15-21(30-20-9-5-8-19(14-20)16-28)22(25-23)29-17-18-6-3-2-4-7-18/h2-9,14-16H,10-13,17H2,1H3. The lowest BCUT2D eigenvalue weighted by atomic mass is 10.2. The SMILES string of the molecule is CN1CCN(c2ncc(Sc3cccc(C=O)c3)c(OCc3ccccc3)n2)CC1. The van der Waals surface area contributed by atoms with E-state index < -0.39 is 0 Å². The Morgan fingerprint density at radius 1 is 1.07 bits per heavy atom. The summed E-state index contributed by atoms with van der Waals surface area (Å²) in [6.07, 6.45) is 2.67. The number of benzene rings is 2. The van der Waals surface area contributed by atoms with Gasteiger partial charge in [-0.1, -0.05) is 54.2 Å². The van der Waals surface area contributed by atoms with Crippen LogP contribution < -0.4 is 9.64 Å². The third-order valence-electron chi connectivity index (χ3n) is 4.94. The normalized spacial score (nSPS) is 14.5. The second-order valence-corrected chi connectivity index (χ2v) is 8.31. The molecule has 0 N–H and O–H groups in total. The number of ether oxygens (including phenoxy) is 1. The minimum Gasteiger partial charge on any atom is -0.472 e. The molecule has 0 bridgehead atoms. The summed E-state index contributed by atoms with van der Waals surface area (Å²) in [6, 6.07) is 17.5. The second-order valence-electron chi connectivity index (χ2n) is 7.20. The van der Waals surface area contributed by atoms with Crippen molar-refractivity contribution in [2.45, 2.75) is 16.4 Å². The van der Waals surface area contributed by atoms with Crippen LogP contribution in [0.5, 0.6) is 5.88 Å². The van der Waals surface area contributed by atoms with Crippen LogP contribution in [0.1, 0.15) is 15.9 Å². The number of carbonyl (C=O) groups is 1. The molecule has 154 valence electrons. The molecule has 2 aromatic carbocycles. The Morgan fingerprint density at radius 3 is 2.63 bits per heavy atom. The van der Waals surface area contributed by atoms with Gasteiger partial charge in [-0.05, 0) is 24.7 Å². The molecule has 0 saturated carbocycles. The van der Waals surface area contributed by atoms with Crippen LogP contribution in [0.15, 0.2) is 70.6 Å². The maximum absolute atomic E-state index is 11.1. The Kier molecular flexibility index (Phi) is 6.61. The van der Waals surface area contributed by atoms with Crippen molar-refractivity contribution in [3.8, 4) is 5.88 Å². The summed E-state index contributed by atoms with van der Waals surface area (Å²) < 4.78 is 6.13. The molecule has 1 aromatic heterocycles. The number of nitrogens with zero attached hydrogens (tertiary/aromatic N) is 4. The molecular formula is C23H24N4O2S. The van der Waals surface area contributed by atoms with Crippen LogP contribution in [0, 0.1) is 0 Å². The zero-order valence-electron chi connectivity index (χ0n) is 16.9. The van der Waals surface area contributed by atoms with Crippen molar-refractivity contribution in [1.29, 1.82) is 0 Å². The maximum atomic E-state index is 11.1. The van der Waals surface area contributed by atoms with Gasteiger partial charge in [-0.3, -0.25) is 4.79 Å². The first kappa shape index (κ1) is 20.4. The summed E-state index contributed by atoms with van der Waals surface area (Å²) >= 11 is 1.50. The fourth-order valence-electron chi connectivity index (χ4n) is 3.18. The molecule has 4 rings (SSSR count). The van der Waals surface area contributed by atoms with Crippen LogP contribution >= 0.6 is 11.8 Å². The summed E-state index contributed by atoms with van der Waals surface area (Å²) in [7, 11) is 2.12. The number of aldehydes is 1. The predicted octanol–water partition coefficient (Wildman–Crippen LogP) is 3.77. The molecule has 6 nitrogen and oxygen atoms in total. The van der Waals surface area contributed by atoms with E-state index in [1.165, 1.54) is 11.8 Å². The van der Waals surface area contributed by atoms with Gasteiger partial charge < -0.3 is 14.5 Å². The molecule has 1 fully saturated rings. The molecule has 0 aliphatic carbocycles. The molecule has 1 saturated heterocycles. The van der Waals surface area contributed by atoms with E-state index in [0.29, 0.717) is 24.0 Å². The van der Waals surface area contributed by atoms with Gasteiger partial charge in [-0.2, -0.15) is 4.98 Å². The molecule has 0 unspecified atom stereocenters. The molecule has 7 heteroatoms. The van der Waals surface area contributed by atoms with Gasteiger partial charge in [-0.25, -0.2) is 4.98 Å². The monoisotopic (exact) mass is 420 g/mol. The first-order valence-corrected chi connectivity index (χ1v) is 10.7. The van der Waals surface area contributed by atoms with Crippen LogP contribution in [-0.4, -0.2) is 54.4 Å². The molecule has 1 aliphatic heterocycles. The Hall–Kier alpha value is -2.90. The van der Waals surface area contributed by atoms with Gasteiger partial charge in [0.1, 0.15) is 12.9 Å². The number of piperazine rings is 1. The predicted molar refractivity (Wildman–Crippen MR) is 118 cm³/mol. The lowest BCUT2D eigenvalue weighted by Gasteiger charge is -2.32. The van der Waals surface area contributed by atoms with Crippen LogP contribution in [0.25, 0.3) is 0 Å². The summed E-state index contributed by atoms with van der Waals surface area (Å²) in [5, 5.41) is 0. The van der Waals surface area contributed by atoms with Gasteiger partial charge in [0.05, 0.1) is 11.1 Å². The summed E-state index contributed by atoms with van der Waals surface area (Å²) in [5.74, 6) is 1.25. The molecule has 3 aromatic rings. The van der Waals surface area contributed by atoms with Crippen LogP contribution in [0.2, 0.25) is 0 Å². The maximum Gasteiger partial charge on any atom is 0.232 e. The quantitative estimate of drug-likeness (QED) is 0.539. The van der Waals surface area contributed by atoms with Gasteiger partial charge in [0.25, 0.3) is 0 Å². The van der Waals surface area contributed by atoms with E-state index in [1.54, 1.807) is 6.07 Å². The van der Waals surface area contributed by atoms with Crippen molar-refractivity contribution in [2.75, 3.05) is 38.1 Å². The molecule has 0 amide bonds. The van der Waals surface area contributed by atoms with Gasteiger partial charge >= 0.3 is 0 Å². The minimum atomic E-state index is 0.433. The first-order chi connectivity index (χ1) is 14.7. The van der Waals surface area contributed by atoms with Crippen molar-refractivity contribution in [3.63, 3.8) is 0 Å². The smallest absolute Gasteiger partial charge is 0.232 e. The number of carbonyl (C=O) groups excluding carboxylic acids is 1. The molecular weight excluding hydrogens is 396 g/mol. The molecule has 0 spiro atoms. The molecule has 0 atom stereocenters. The van der Waals surface area contributed by atoms with E-state index in [2.05, 4.69) is 21.8 Å². The lowest BCUT2D eigenvalue weighted by molar-refractivity contribution is 0.112. The number of likely N-dealkylation sites (N-methyl/N-ethyl adjacent to an activating group) is 1. The van der Waals surface area contributed by atoms with Gasteiger partial charge in [0.15, 0.2) is 0 Å². The largest absolute Gasteiger partial charge is 0.472 e. The average Bonchev–Trinajstić information content (AvgIpc) is 2.80. The van der Waals surface area contributed by atoms with Gasteiger partial charge in [0.2, 0.25) is 11.8 Å². The average molecular weight is 421 g/mol. The zero-order chi connectivity index (χ0) is 20.8. The van der Waals surface area contributed by atoms with Crippen LogP contribution in [0.4, 0.5) is 5.95 Å². The number of anilines is 1.